The molecule has 1 nitrogen and oxygen atoms in total. The van der Waals surface area contributed by atoms with Crippen molar-refractivity contribution >= 4 is 6.29 Å². The van der Waals surface area contributed by atoms with E-state index < -0.39 is 0 Å². The predicted molar refractivity (Wildman–Crippen MR) is 65.0 cm³/mol. The van der Waals surface area contributed by atoms with E-state index in [-0.39, 0.29) is 0 Å². The van der Waals surface area contributed by atoms with Crippen LogP contribution in [-0.4, -0.2) is 6.29 Å². The van der Waals surface area contributed by atoms with Crippen molar-refractivity contribution in [1.29, 1.82) is 0 Å². The summed E-state index contributed by atoms with van der Waals surface area (Å²) in [4.78, 5) is 10.6. The first-order valence-electron chi connectivity index (χ1n) is 6.66. The smallest absolute Gasteiger partial charge is 0.145 e. The molecule has 4 bridgehead atoms. The molecule has 2 unspecified atom stereocenters. The third kappa shape index (κ3) is 1.00. The summed E-state index contributed by atoms with van der Waals surface area (Å²) in [7, 11) is 0. The Morgan fingerprint density at radius 1 is 1.31 bits per heavy atom. The molecular formula is C15H22O. The summed E-state index contributed by atoms with van der Waals surface area (Å²) in [6.07, 6.45) is 8.45. The van der Waals surface area contributed by atoms with Gasteiger partial charge < -0.3 is 0 Å². The molecule has 0 amide bonds. The number of carbonyl (C=O) groups is 1. The Morgan fingerprint density at radius 2 is 1.94 bits per heavy atom. The first-order chi connectivity index (χ1) is 7.54. The molecule has 4 fully saturated rings. The fourth-order valence-corrected chi connectivity index (χ4v) is 5.15. The SMILES string of the molecule is C/C(C=O)=C/CC[C@]1(C)C2C[C@@H]3[C@H](C2)C31C. The Morgan fingerprint density at radius 3 is 2.38 bits per heavy atom. The molecule has 16 heavy (non-hydrogen) atoms. The molecule has 0 heterocycles. The Kier molecular flexibility index (Phi) is 1.98. The topological polar surface area (TPSA) is 17.1 Å². The lowest BCUT2D eigenvalue weighted by atomic mass is 9.71. The minimum absolute atomic E-state index is 0.571. The normalized spacial score (nSPS) is 53.2. The highest BCUT2D eigenvalue weighted by Crippen LogP contribution is 2.87. The molecule has 4 rings (SSSR count). The van der Waals surface area contributed by atoms with Crippen LogP contribution in [0, 0.1) is 28.6 Å². The van der Waals surface area contributed by atoms with Gasteiger partial charge in [-0.05, 0) is 66.8 Å². The second-order valence-corrected chi connectivity index (χ2v) is 6.69. The summed E-state index contributed by atoms with van der Waals surface area (Å²) < 4.78 is 0. The van der Waals surface area contributed by atoms with Gasteiger partial charge in [-0.1, -0.05) is 19.9 Å². The fraction of sp³-hybridized carbons (Fsp3) is 0.800. The van der Waals surface area contributed by atoms with Crippen molar-refractivity contribution in [3.63, 3.8) is 0 Å². The van der Waals surface area contributed by atoms with Gasteiger partial charge >= 0.3 is 0 Å². The van der Waals surface area contributed by atoms with Crippen LogP contribution in [0.1, 0.15) is 46.5 Å². The van der Waals surface area contributed by atoms with Crippen molar-refractivity contribution in [1.82, 2.24) is 0 Å². The van der Waals surface area contributed by atoms with E-state index in [9.17, 15) is 4.79 Å². The lowest BCUT2D eigenvalue weighted by Gasteiger charge is -2.34. The van der Waals surface area contributed by atoms with E-state index >= 15 is 0 Å². The summed E-state index contributed by atoms with van der Waals surface area (Å²) >= 11 is 0. The van der Waals surface area contributed by atoms with E-state index in [1.165, 1.54) is 19.3 Å². The minimum atomic E-state index is 0.571. The molecule has 0 radical (unpaired) electrons. The van der Waals surface area contributed by atoms with Gasteiger partial charge in [0.1, 0.15) is 6.29 Å². The van der Waals surface area contributed by atoms with Crippen LogP contribution in [0.5, 0.6) is 0 Å². The Labute approximate surface area is 98.3 Å². The van der Waals surface area contributed by atoms with Gasteiger partial charge in [0.05, 0.1) is 0 Å². The number of allylic oxidation sites excluding steroid dienone is 2. The van der Waals surface area contributed by atoms with Crippen LogP contribution in [0.25, 0.3) is 0 Å². The number of hydrogen-bond acceptors (Lipinski definition) is 1. The summed E-state index contributed by atoms with van der Waals surface area (Å²) in [5, 5.41) is 0. The van der Waals surface area contributed by atoms with Gasteiger partial charge in [0, 0.05) is 0 Å². The lowest BCUT2D eigenvalue weighted by Crippen LogP contribution is -2.26. The molecule has 0 aliphatic heterocycles. The molecule has 4 aliphatic carbocycles. The quantitative estimate of drug-likeness (QED) is 0.520. The summed E-state index contributed by atoms with van der Waals surface area (Å²) in [6.45, 7) is 6.94. The van der Waals surface area contributed by atoms with Gasteiger partial charge in [0.25, 0.3) is 0 Å². The number of hydrogen-bond donors (Lipinski definition) is 0. The van der Waals surface area contributed by atoms with Gasteiger partial charge in [0.2, 0.25) is 0 Å². The van der Waals surface area contributed by atoms with Crippen molar-refractivity contribution in [2.75, 3.05) is 0 Å². The standard InChI is InChI=1S/C15H22O/c1-10(9-16)5-4-6-14(2)11-7-12-13(8-11)15(12,14)3/h5,9,11-13H,4,6-8H2,1-3H3/b10-5-/t11?,12-,13+,14-,15?/m1/s1. The number of carbonyl (C=O) groups excluding carboxylic acids is 1. The van der Waals surface area contributed by atoms with Gasteiger partial charge in [-0.25, -0.2) is 0 Å². The van der Waals surface area contributed by atoms with Crippen molar-refractivity contribution in [3.05, 3.63) is 11.6 Å². The molecule has 0 saturated heterocycles. The molecule has 0 aromatic rings. The van der Waals surface area contributed by atoms with E-state index in [1.54, 1.807) is 0 Å². The van der Waals surface area contributed by atoms with Gasteiger partial charge in [-0.2, -0.15) is 0 Å². The highest BCUT2D eigenvalue weighted by molar-refractivity contribution is 5.71. The summed E-state index contributed by atoms with van der Waals surface area (Å²) in [6, 6.07) is 0. The second kappa shape index (κ2) is 3.00. The molecule has 5 atom stereocenters. The van der Waals surface area contributed by atoms with Crippen molar-refractivity contribution < 1.29 is 4.79 Å². The molecule has 4 saturated carbocycles. The second-order valence-electron chi connectivity index (χ2n) is 6.69. The molecule has 0 spiro atoms. The molecule has 4 aliphatic rings. The third-order valence-corrected chi connectivity index (χ3v) is 6.44. The molecule has 0 aromatic heterocycles. The summed E-state index contributed by atoms with van der Waals surface area (Å²) in [5.41, 5.74) is 2.13. The van der Waals surface area contributed by atoms with Crippen LogP contribution in [-0.2, 0) is 4.79 Å². The van der Waals surface area contributed by atoms with Crippen molar-refractivity contribution in [3.8, 4) is 0 Å². The molecule has 0 aromatic carbocycles. The molecule has 0 N–H and O–H groups in total. The van der Waals surface area contributed by atoms with Crippen molar-refractivity contribution in [2.45, 2.75) is 46.5 Å². The Bertz CT molecular complexity index is 356. The highest BCUT2D eigenvalue weighted by Gasteiger charge is 2.80. The maximum absolute atomic E-state index is 10.6. The Balaban J connectivity index is 1.70. The largest absolute Gasteiger partial charge is 0.298 e. The van der Waals surface area contributed by atoms with Crippen LogP contribution in [0.15, 0.2) is 11.6 Å². The number of aldehydes is 1. The van der Waals surface area contributed by atoms with Crippen LogP contribution < -0.4 is 0 Å². The predicted octanol–water partition coefficient (Wildman–Crippen LogP) is 3.59. The van der Waals surface area contributed by atoms with Crippen LogP contribution in [0.3, 0.4) is 0 Å². The maximum Gasteiger partial charge on any atom is 0.145 e. The van der Waals surface area contributed by atoms with Crippen LogP contribution in [0.2, 0.25) is 0 Å². The van der Waals surface area contributed by atoms with E-state index in [0.29, 0.717) is 10.8 Å². The monoisotopic (exact) mass is 218 g/mol. The molecule has 88 valence electrons. The van der Waals surface area contributed by atoms with Gasteiger partial charge in [0.15, 0.2) is 0 Å². The molecular weight excluding hydrogens is 196 g/mol. The summed E-state index contributed by atoms with van der Waals surface area (Å²) in [5.74, 6) is 3.09. The van der Waals surface area contributed by atoms with E-state index in [4.69, 9.17) is 0 Å². The zero-order valence-electron chi connectivity index (χ0n) is 10.6. The van der Waals surface area contributed by atoms with Crippen molar-refractivity contribution in [2.24, 2.45) is 28.6 Å². The zero-order chi connectivity index (χ0) is 11.6. The van der Waals surface area contributed by atoms with E-state index in [0.717, 1.165) is 36.0 Å². The van der Waals surface area contributed by atoms with Crippen LogP contribution >= 0.6 is 0 Å². The highest BCUT2D eigenvalue weighted by atomic mass is 16.1. The minimum Gasteiger partial charge on any atom is -0.298 e. The zero-order valence-corrected chi connectivity index (χ0v) is 10.6. The van der Waals surface area contributed by atoms with Gasteiger partial charge in [-0.15, -0.1) is 0 Å². The fourth-order valence-electron chi connectivity index (χ4n) is 5.15. The maximum atomic E-state index is 10.6. The average molecular weight is 218 g/mol. The van der Waals surface area contributed by atoms with E-state index in [2.05, 4.69) is 19.9 Å². The lowest BCUT2D eigenvalue weighted by molar-refractivity contribution is -0.104. The molecule has 1 heteroatoms. The first-order valence-corrected chi connectivity index (χ1v) is 6.66. The Hall–Kier alpha value is -0.590. The third-order valence-electron chi connectivity index (χ3n) is 6.44. The van der Waals surface area contributed by atoms with E-state index in [1.807, 2.05) is 6.92 Å². The average Bonchev–Trinajstić information content (AvgIpc) is 2.62. The van der Waals surface area contributed by atoms with Gasteiger partial charge in [-0.3, -0.25) is 4.79 Å². The number of rotatable bonds is 4. The van der Waals surface area contributed by atoms with Crippen LogP contribution in [0.4, 0.5) is 0 Å². The first kappa shape index (κ1) is 10.6.